The van der Waals surface area contributed by atoms with Crippen LogP contribution in [0.4, 0.5) is 0 Å². The van der Waals surface area contributed by atoms with E-state index < -0.39 is 0 Å². The Kier molecular flexibility index (Phi) is 1.90. The number of aliphatic hydroxyl groups excluding tert-OH is 1. The Morgan fingerprint density at radius 3 is 2.45 bits per heavy atom. The molecule has 11 heavy (non-hydrogen) atoms. The molecule has 2 nitrogen and oxygen atoms in total. The topological polar surface area (TPSA) is 46.2 Å². The first-order chi connectivity index (χ1) is 5.34. The second kappa shape index (κ2) is 2.76. The third kappa shape index (κ3) is 1.00. The smallest absolute Gasteiger partial charge is 0.0476 e. The lowest BCUT2D eigenvalue weighted by atomic mass is 9.56. The van der Waals surface area contributed by atoms with Crippen molar-refractivity contribution in [3.8, 4) is 0 Å². The van der Waals surface area contributed by atoms with Crippen molar-refractivity contribution in [2.24, 2.45) is 23.5 Å². The van der Waals surface area contributed by atoms with E-state index in [1.165, 1.54) is 25.7 Å². The van der Waals surface area contributed by atoms with Gasteiger partial charge in [0.2, 0.25) is 0 Å². The number of hydrogen-bond acceptors (Lipinski definition) is 2. The van der Waals surface area contributed by atoms with Crippen LogP contribution in [0.2, 0.25) is 0 Å². The summed E-state index contributed by atoms with van der Waals surface area (Å²) < 4.78 is 0. The van der Waals surface area contributed by atoms with Crippen molar-refractivity contribution in [1.29, 1.82) is 0 Å². The molecule has 2 aliphatic rings. The Morgan fingerprint density at radius 2 is 1.82 bits per heavy atom. The molecule has 0 heterocycles. The molecular weight excluding hydrogens is 138 g/mol. The molecule has 2 aliphatic carbocycles. The molecule has 0 bridgehead atoms. The Balaban J connectivity index is 1.97. The molecule has 0 aromatic carbocycles. The van der Waals surface area contributed by atoms with Crippen LogP contribution < -0.4 is 5.73 Å². The number of fused-ring (bicyclic) bond motifs is 1. The lowest BCUT2D eigenvalue weighted by Crippen LogP contribution is -2.58. The zero-order valence-corrected chi connectivity index (χ0v) is 6.87. The van der Waals surface area contributed by atoms with Crippen molar-refractivity contribution in [2.75, 3.05) is 6.61 Å². The van der Waals surface area contributed by atoms with Crippen LogP contribution in [0.5, 0.6) is 0 Å². The SMILES string of the molecule is N[C@@H]1[C@@H](CO)[C@H]2CCCC[C@@H]12. The van der Waals surface area contributed by atoms with E-state index in [0.717, 1.165) is 11.8 Å². The molecule has 0 amide bonds. The van der Waals surface area contributed by atoms with Crippen molar-refractivity contribution in [3.05, 3.63) is 0 Å². The van der Waals surface area contributed by atoms with Crippen molar-refractivity contribution < 1.29 is 5.11 Å². The monoisotopic (exact) mass is 155 g/mol. The van der Waals surface area contributed by atoms with E-state index in [1.807, 2.05) is 0 Å². The summed E-state index contributed by atoms with van der Waals surface area (Å²) in [5, 5.41) is 9.02. The molecular formula is C9H17NO. The average molecular weight is 155 g/mol. The molecule has 0 aliphatic heterocycles. The Hall–Kier alpha value is -0.0800. The van der Waals surface area contributed by atoms with Crippen LogP contribution >= 0.6 is 0 Å². The van der Waals surface area contributed by atoms with Gasteiger partial charge in [-0.25, -0.2) is 0 Å². The predicted molar refractivity (Wildman–Crippen MR) is 44.0 cm³/mol. The van der Waals surface area contributed by atoms with Gasteiger partial charge in [-0.2, -0.15) is 0 Å². The van der Waals surface area contributed by atoms with Crippen molar-refractivity contribution in [3.63, 3.8) is 0 Å². The van der Waals surface area contributed by atoms with Crippen molar-refractivity contribution in [2.45, 2.75) is 31.7 Å². The molecule has 3 N–H and O–H groups in total. The standard InChI is InChI=1S/C9H17NO/c10-9-7-4-2-1-3-6(7)8(9)5-11/h6-9,11H,1-5,10H2/t6-,7+,8-,9-/m0/s1. The van der Waals surface area contributed by atoms with E-state index in [0.29, 0.717) is 18.6 Å². The number of hydrogen-bond donors (Lipinski definition) is 2. The summed E-state index contributed by atoms with van der Waals surface area (Å²) in [6.07, 6.45) is 5.32. The summed E-state index contributed by atoms with van der Waals surface area (Å²) >= 11 is 0. The molecule has 2 heteroatoms. The first-order valence-electron chi connectivity index (χ1n) is 4.71. The van der Waals surface area contributed by atoms with Gasteiger partial charge < -0.3 is 10.8 Å². The second-order valence-electron chi connectivity index (χ2n) is 4.04. The average Bonchev–Trinajstić information content (AvgIpc) is 2.05. The minimum Gasteiger partial charge on any atom is -0.396 e. The van der Waals surface area contributed by atoms with Crippen LogP contribution in [0.3, 0.4) is 0 Å². The lowest BCUT2D eigenvalue weighted by Gasteiger charge is -2.52. The van der Waals surface area contributed by atoms with Crippen LogP contribution in [0, 0.1) is 17.8 Å². The van der Waals surface area contributed by atoms with E-state index in [4.69, 9.17) is 10.8 Å². The normalized spacial score (nSPS) is 49.6. The van der Waals surface area contributed by atoms with Gasteiger partial charge in [0.25, 0.3) is 0 Å². The van der Waals surface area contributed by atoms with Crippen molar-refractivity contribution >= 4 is 0 Å². The van der Waals surface area contributed by atoms with Gasteiger partial charge in [-0.05, 0) is 24.7 Å². The minimum absolute atomic E-state index is 0.308. The molecule has 0 aromatic rings. The molecule has 2 saturated carbocycles. The van der Waals surface area contributed by atoms with E-state index in [1.54, 1.807) is 0 Å². The molecule has 0 unspecified atom stereocenters. The van der Waals surface area contributed by atoms with E-state index >= 15 is 0 Å². The number of nitrogens with two attached hydrogens (primary N) is 1. The Labute approximate surface area is 67.8 Å². The van der Waals surface area contributed by atoms with Gasteiger partial charge in [0, 0.05) is 18.6 Å². The van der Waals surface area contributed by atoms with Crippen LogP contribution in [-0.2, 0) is 0 Å². The fourth-order valence-corrected chi connectivity index (χ4v) is 2.91. The highest BCUT2D eigenvalue weighted by molar-refractivity contribution is 5.00. The van der Waals surface area contributed by atoms with E-state index in [-0.39, 0.29) is 0 Å². The third-order valence-electron chi connectivity index (χ3n) is 3.62. The highest BCUT2D eigenvalue weighted by Gasteiger charge is 2.48. The minimum atomic E-state index is 0.308. The second-order valence-corrected chi connectivity index (χ2v) is 4.04. The van der Waals surface area contributed by atoms with E-state index in [9.17, 15) is 0 Å². The van der Waals surface area contributed by atoms with Gasteiger partial charge in [-0.3, -0.25) is 0 Å². The third-order valence-corrected chi connectivity index (χ3v) is 3.62. The number of aliphatic hydroxyl groups is 1. The zero-order chi connectivity index (χ0) is 7.84. The molecule has 0 radical (unpaired) electrons. The Morgan fingerprint density at radius 1 is 1.18 bits per heavy atom. The summed E-state index contributed by atoms with van der Waals surface area (Å²) in [4.78, 5) is 0. The van der Waals surface area contributed by atoms with Gasteiger partial charge in [-0.15, -0.1) is 0 Å². The molecule has 4 atom stereocenters. The fraction of sp³-hybridized carbons (Fsp3) is 1.00. The first-order valence-corrected chi connectivity index (χ1v) is 4.71. The van der Waals surface area contributed by atoms with E-state index in [2.05, 4.69) is 0 Å². The molecule has 2 rings (SSSR count). The van der Waals surface area contributed by atoms with Gasteiger partial charge in [0.15, 0.2) is 0 Å². The maximum atomic E-state index is 9.02. The van der Waals surface area contributed by atoms with Crippen molar-refractivity contribution in [1.82, 2.24) is 0 Å². The van der Waals surface area contributed by atoms with Gasteiger partial charge in [-0.1, -0.05) is 12.8 Å². The predicted octanol–water partition coefficient (Wildman–Crippen LogP) is 0.742. The first kappa shape index (κ1) is 7.56. The highest BCUT2D eigenvalue weighted by atomic mass is 16.3. The molecule has 2 fully saturated rings. The Bertz CT molecular complexity index is 142. The summed E-state index contributed by atoms with van der Waals surface area (Å²) in [5.41, 5.74) is 5.93. The van der Waals surface area contributed by atoms with Crippen LogP contribution in [0.15, 0.2) is 0 Å². The summed E-state index contributed by atoms with van der Waals surface area (Å²) in [6.45, 7) is 0.308. The summed E-state index contributed by atoms with van der Waals surface area (Å²) in [6, 6.07) is 0.310. The highest BCUT2D eigenvalue weighted by Crippen LogP contribution is 2.47. The molecule has 0 aromatic heterocycles. The summed E-state index contributed by atoms with van der Waals surface area (Å²) in [5.74, 6) is 1.95. The quantitative estimate of drug-likeness (QED) is 0.586. The number of rotatable bonds is 1. The molecule has 0 spiro atoms. The largest absolute Gasteiger partial charge is 0.396 e. The zero-order valence-electron chi connectivity index (χ0n) is 6.87. The lowest BCUT2D eigenvalue weighted by molar-refractivity contribution is -0.0320. The molecule has 0 saturated heterocycles. The van der Waals surface area contributed by atoms with Gasteiger partial charge in [0.1, 0.15) is 0 Å². The van der Waals surface area contributed by atoms with Crippen LogP contribution in [0.1, 0.15) is 25.7 Å². The van der Waals surface area contributed by atoms with Gasteiger partial charge >= 0.3 is 0 Å². The van der Waals surface area contributed by atoms with Crippen LogP contribution in [-0.4, -0.2) is 17.8 Å². The fourth-order valence-electron chi connectivity index (χ4n) is 2.91. The van der Waals surface area contributed by atoms with Gasteiger partial charge in [0.05, 0.1) is 0 Å². The molecule has 64 valence electrons. The summed E-state index contributed by atoms with van der Waals surface area (Å²) in [7, 11) is 0. The maximum Gasteiger partial charge on any atom is 0.0476 e. The van der Waals surface area contributed by atoms with Crippen LogP contribution in [0.25, 0.3) is 0 Å². The maximum absolute atomic E-state index is 9.02.